The zero-order valence-corrected chi connectivity index (χ0v) is 20.5. The van der Waals surface area contributed by atoms with Crippen LogP contribution in [0.4, 0.5) is 8.78 Å². The van der Waals surface area contributed by atoms with E-state index in [2.05, 4.69) is 5.32 Å². The molecule has 5 rings (SSSR count). The second-order valence-corrected chi connectivity index (χ2v) is 9.84. The lowest BCUT2D eigenvalue weighted by molar-refractivity contribution is -0.152. The standard InChI is InChI=1S/C26H27ClF2N2O5/c1-25(33,17-4-6-20-21(14-17)35-11-10-34-20)22(15-31-8-2-3-9-31)30-24(32)26(28,29)23-13-16-12-18(27)5-7-19(16)36-23/h4-7,12-14,22,33H,2-3,8-11,15H2,1H3,(H,30,32). The number of hydrogen-bond acceptors (Lipinski definition) is 6. The number of likely N-dealkylation sites (tertiary alicyclic amines) is 1. The average molecular weight is 521 g/mol. The fourth-order valence-corrected chi connectivity index (χ4v) is 4.86. The van der Waals surface area contributed by atoms with E-state index in [1.807, 2.05) is 4.90 Å². The molecule has 0 saturated carbocycles. The van der Waals surface area contributed by atoms with Gasteiger partial charge in [-0.1, -0.05) is 17.7 Å². The molecule has 1 amide bonds. The summed E-state index contributed by atoms with van der Waals surface area (Å²) < 4.78 is 47.1. The topological polar surface area (TPSA) is 84.2 Å². The monoisotopic (exact) mass is 520 g/mol. The smallest absolute Gasteiger partial charge is 0.380 e. The lowest BCUT2D eigenvalue weighted by atomic mass is 9.87. The maximum absolute atomic E-state index is 15.3. The molecule has 2 aromatic carbocycles. The molecule has 0 spiro atoms. The first-order valence-corrected chi connectivity index (χ1v) is 12.3. The number of alkyl halides is 2. The highest BCUT2D eigenvalue weighted by atomic mass is 35.5. The normalized spacial score (nSPS) is 18.7. The van der Waals surface area contributed by atoms with Crippen molar-refractivity contribution in [2.75, 3.05) is 32.8 Å². The van der Waals surface area contributed by atoms with Gasteiger partial charge in [-0.2, -0.15) is 8.78 Å². The van der Waals surface area contributed by atoms with E-state index < -0.39 is 29.2 Å². The summed E-state index contributed by atoms with van der Waals surface area (Å²) in [5.41, 5.74) is -1.08. The van der Waals surface area contributed by atoms with Gasteiger partial charge in [-0.3, -0.25) is 4.79 Å². The lowest BCUT2D eigenvalue weighted by Crippen LogP contribution is -2.57. The van der Waals surface area contributed by atoms with Crippen LogP contribution in [0.25, 0.3) is 11.0 Å². The Hall–Kier alpha value is -2.88. The van der Waals surface area contributed by atoms with Crippen LogP contribution in [-0.4, -0.2) is 54.8 Å². The first-order chi connectivity index (χ1) is 17.1. The van der Waals surface area contributed by atoms with Gasteiger partial charge in [0.15, 0.2) is 17.3 Å². The molecule has 2 N–H and O–H groups in total. The van der Waals surface area contributed by atoms with Crippen molar-refractivity contribution in [3.05, 3.63) is 58.8 Å². The Morgan fingerprint density at radius 3 is 2.58 bits per heavy atom. The molecule has 3 heterocycles. The van der Waals surface area contributed by atoms with Crippen LogP contribution in [-0.2, 0) is 16.3 Å². The molecule has 0 radical (unpaired) electrons. The SMILES string of the molecule is CC(O)(c1ccc2c(c1)OCCO2)C(CN1CCCC1)NC(=O)C(F)(F)c1cc2cc(Cl)ccc2o1. The van der Waals surface area contributed by atoms with Crippen LogP contribution >= 0.6 is 11.6 Å². The number of rotatable bonds is 7. The highest BCUT2D eigenvalue weighted by Crippen LogP contribution is 2.38. The van der Waals surface area contributed by atoms with Crippen molar-refractivity contribution in [2.45, 2.75) is 37.3 Å². The number of halogens is 3. The second kappa shape index (κ2) is 9.53. The quantitative estimate of drug-likeness (QED) is 0.479. The van der Waals surface area contributed by atoms with Gasteiger partial charge in [0.1, 0.15) is 24.4 Å². The second-order valence-electron chi connectivity index (χ2n) is 9.41. The number of carbonyl (C=O) groups excluding carboxylic acids is 1. The summed E-state index contributed by atoms with van der Waals surface area (Å²) in [7, 11) is 0. The number of ether oxygens (including phenoxy) is 2. The summed E-state index contributed by atoms with van der Waals surface area (Å²) >= 11 is 5.95. The molecule has 1 saturated heterocycles. The fraction of sp³-hybridized carbons (Fsp3) is 0.423. The minimum atomic E-state index is -3.97. The average Bonchev–Trinajstić information content (AvgIpc) is 3.53. The maximum atomic E-state index is 15.3. The molecule has 3 aromatic rings. The van der Waals surface area contributed by atoms with E-state index in [0.717, 1.165) is 32.0 Å². The molecular formula is C26H27ClF2N2O5. The molecule has 2 atom stereocenters. The Labute approximate surface area is 211 Å². The zero-order chi connectivity index (χ0) is 25.5. The van der Waals surface area contributed by atoms with Gasteiger partial charge in [-0.25, -0.2) is 0 Å². The number of fused-ring (bicyclic) bond motifs is 2. The Morgan fingerprint density at radius 2 is 1.83 bits per heavy atom. The molecule has 10 heteroatoms. The van der Waals surface area contributed by atoms with E-state index in [4.69, 9.17) is 25.5 Å². The van der Waals surface area contributed by atoms with Crippen LogP contribution < -0.4 is 14.8 Å². The van der Waals surface area contributed by atoms with Gasteiger partial charge in [0.2, 0.25) is 0 Å². The van der Waals surface area contributed by atoms with Gasteiger partial charge in [0.25, 0.3) is 5.91 Å². The number of nitrogens with zero attached hydrogens (tertiary/aromatic N) is 1. The van der Waals surface area contributed by atoms with E-state index in [1.165, 1.54) is 25.1 Å². The van der Waals surface area contributed by atoms with Gasteiger partial charge in [-0.15, -0.1) is 0 Å². The lowest BCUT2D eigenvalue weighted by Gasteiger charge is -2.37. The first kappa shape index (κ1) is 24.8. The van der Waals surface area contributed by atoms with Crippen LogP contribution in [0, 0.1) is 0 Å². The van der Waals surface area contributed by atoms with Crippen LogP contribution in [0.2, 0.25) is 5.02 Å². The maximum Gasteiger partial charge on any atom is 0.380 e. The molecule has 2 unspecified atom stereocenters. The predicted octanol–water partition coefficient (Wildman–Crippen LogP) is 4.44. The van der Waals surface area contributed by atoms with Crippen LogP contribution in [0.1, 0.15) is 31.1 Å². The van der Waals surface area contributed by atoms with E-state index in [9.17, 15) is 9.90 Å². The summed E-state index contributed by atoms with van der Waals surface area (Å²) in [4.78, 5) is 15.0. The van der Waals surface area contributed by atoms with Crippen LogP contribution in [0.5, 0.6) is 11.5 Å². The number of hydrogen-bond donors (Lipinski definition) is 2. The van der Waals surface area contributed by atoms with Gasteiger partial charge in [0, 0.05) is 17.0 Å². The van der Waals surface area contributed by atoms with Crippen molar-refractivity contribution in [1.29, 1.82) is 0 Å². The predicted molar refractivity (Wildman–Crippen MR) is 130 cm³/mol. The van der Waals surface area contributed by atoms with Gasteiger partial charge >= 0.3 is 5.92 Å². The molecule has 36 heavy (non-hydrogen) atoms. The number of nitrogens with one attached hydrogen (secondary N) is 1. The molecular weight excluding hydrogens is 494 g/mol. The Kier molecular flexibility index (Phi) is 6.57. The van der Waals surface area contributed by atoms with Crippen LogP contribution in [0.3, 0.4) is 0 Å². The number of furan rings is 1. The first-order valence-electron chi connectivity index (χ1n) is 11.9. The van der Waals surface area contributed by atoms with Gasteiger partial charge in [0.05, 0.1) is 6.04 Å². The summed E-state index contributed by atoms with van der Waals surface area (Å²) in [5.74, 6) is -5.34. The highest BCUT2D eigenvalue weighted by molar-refractivity contribution is 6.31. The Morgan fingerprint density at radius 1 is 1.11 bits per heavy atom. The summed E-state index contributed by atoms with van der Waals surface area (Å²) in [6.45, 7) is 3.98. The molecule has 0 bridgehead atoms. The highest BCUT2D eigenvalue weighted by Gasteiger charge is 2.48. The van der Waals surface area contributed by atoms with Crippen molar-refractivity contribution in [1.82, 2.24) is 10.2 Å². The largest absolute Gasteiger partial charge is 0.486 e. The van der Waals surface area contributed by atoms with E-state index in [1.54, 1.807) is 18.2 Å². The van der Waals surface area contributed by atoms with Gasteiger partial charge in [-0.05, 0) is 74.8 Å². The van der Waals surface area contributed by atoms with E-state index in [-0.39, 0.29) is 12.1 Å². The Bertz CT molecular complexity index is 1270. The molecule has 0 aliphatic carbocycles. The fourth-order valence-electron chi connectivity index (χ4n) is 4.68. The number of carbonyl (C=O) groups is 1. The van der Waals surface area contributed by atoms with Crippen molar-refractivity contribution in [2.24, 2.45) is 0 Å². The zero-order valence-electron chi connectivity index (χ0n) is 19.7. The Balaban J connectivity index is 1.43. The molecule has 192 valence electrons. The minimum absolute atomic E-state index is 0.193. The van der Waals surface area contributed by atoms with E-state index >= 15 is 8.78 Å². The summed E-state index contributed by atoms with van der Waals surface area (Å²) in [6.07, 6.45) is 1.93. The number of aliphatic hydroxyl groups is 1. The molecule has 2 aliphatic heterocycles. The van der Waals surface area contributed by atoms with Gasteiger partial charge < -0.3 is 29.2 Å². The third-order valence-electron chi connectivity index (χ3n) is 6.82. The molecule has 1 aromatic heterocycles. The van der Waals surface area contributed by atoms with Crippen LogP contribution in [0.15, 0.2) is 46.9 Å². The third kappa shape index (κ3) is 4.75. The van der Waals surface area contributed by atoms with Crippen molar-refractivity contribution < 1.29 is 32.6 Å². The van der Waals surface area contributed by atoms with Crippen molar-refractivity contribution in [3.63, 3.8) is 0 Å². The molecule has 2 aliphatic rings. The summed E-state index contributed by atoms with van der Waals surface area (Å²) in [6, 6.07) is 9.48. The molecule has 7 nitrogen and oxygen atoms in total. The van der Waals surface area contributed by atoms with E-state index in [0.29, 0.717) is 40.7 Å². The number of amides is 1. The number of benzene rings is 2. The van der Waals surface area contributed by atoms with Crippen molar-refractivity contribution in [3.8, 4) is 11.5 Å². The minimum Gasteiger partial charge on any atom is -0.486 e. The van der Waals surface area contributed by atoms with Crippen molar-refractivity contribution >= 4 is 28.5 Å². The molecule has 1 fully saturated rings. The third-order valence-corrected chi connectivity index (χ3v) is 7.06. The summed E-state index contributed by atoms with van der Waals surface area (Å²) in [5, 5.41) is 14.8.